The van der Waals surface area contributed by atoms with Crippen LogP contribution >= 0.6 is 22.6 Å². The molecule has 0 fully saturated rings. The minimum atomic E-state index is 0.0479. The molecule has 1 atom stereocenters. The third kappa shape index (κ3) is 4.30. The topological polar surface area (TPSA) is 26.3 Å². The van der Waals surface area contributed by atoms with E-state index in [1.807, 2.05) is 38.1 Å². The first-order chi connectivity index (χ1) is 7.13. The highest BCUT2D eigenvalue weighted by atomic mass is 127. The molecule has 1 aromatic carbocycles. The fourth-order valence-corrected chi connectivity index (χ4v) is 1.41. The molecule has 0 spiro atoms. The van der Waals surface area contributed by atoms with E-state index in [4.69, 9.17) is 4.74 Å². The molecule has 0 aliphatic carbocycles. The summed E-state index contributed by atoms with van der Waals surface area (Å²) in [7, 11) is 0. The molecule has 0 radical (unpaired) electrons. The Labute approximate surface area is 104 Å². The lowest BCUT2D eigenvalue weighted by molar-refractivity contribution is 0.0511. The standard InChI is InChI=1S/C12H15IO2/c1-3-9(2)15-8-12(14)10-4-6-11(13)7-5-10/h4-7,9H,3,8H2,1-2H3. The molecular formula is C12H15IO2. The normalized spacial score (nSPS) is 12.5. The summed E-state index contributed by atoms with van der Waals surface area (Å²) in [4.78, 5) is 11.6. The SMILES string of the molecule is CCC(C)OCC(=O)c1ccc(I)cc1. The predicted octanol–water partition coefficient (Wildman–Crippen LogP) is 3.29. The van der Waals surface area contributed by atoms with Gasteiger partial charge in [0, 0.05) is 9.13 Å². The zero-order chi connectivity index (χ0) is 11.3. The van der Waals surface area contributed by atoms with Gasteiger partial charge in [-0.2, -0.15) is 0 Å². The van der Waals surface area contributed by atoms with Gasteiger partial charge in [0.15, 0.2) is 5.78 Å². The highest BCUT2D eigenvalue weighted by molar-refractivity contribution is 14.1. The Hall–Kier alpha value is -0.420. The molecule has 0 aliphatic heterocycles. The van der Waals surface area contributed by atoms with Crippen LogP contribution in [0.1, 0.15) is 30.6 Å². The molecule has 82 valence electrons. The van der Waals surface area contributed by atoms with Gasteiger partial charge >= 0.3 is 0 Å². The maximum atomic E-state index is 11.6. The monoisotopic (exact) mass is 318 g/mol. The van der Waals surface area contributed by atoms with Crippen LogP contribution < -0.4 is 0 Å². The van der Waals surface area contributed by atoms with Crippen LogP contribution in [0.2, 0.25) is 0 Å². The van der Waals surface area contributed by atoms with E-state index in [0.717, 1.165) is 15.6 Å². The van der Waals surface area contributed by atoms with Crippen LogP contribution in [0.3, 0.4) is 0 Å². The van der Waals surface area contributed by atoms with Gasteiger partial charge in [-0.3, -0.25) is 4.79 Å². The van der Waals surface area contributed by atoms with Gasteiger partial charge < -0.3 is 4.74 Å². The highest BCUT2D eigenvalue weighted by Crippen LogP contribution is 2.08. The molecular weight excluding hydrogens is 303 g/mol. The van der Waals surface area contributed by atoms with Gasteiger partial charge in [0.1, 0.15) is 6.61 Å². The van der Waals surface area contributed by atoms with Crippen LogP contribution in [0, 0.1) is 3.57 Å². The molecule has 0 saturated carbocycles. The molecule has 0 bridgehead atoms. The summed E-state index contributed by atoms with van der Waals surface area (Å²) in [6.07, 6.45) is 1.08. The van der Waals surface area contributed by atoms with Crippen LogP contribution in [0.25, 0.3) is 0 Å². The smallest absolute Gasteiger partial charge is 0.188 e. The molecule has 2 nitrogen and oxygen atoms in total. The van der Waals surface area contributed by atoms with Gasteiger partial charge in [-0.25, -0.2) is 0 Å². The summed E-state index contributed by atoms with van der Waals surface area (Å²) in [5.74, 6) is 0.0479. The predicted molar refractivity (Wildman–Crippen MR) is 69.2 cm³/mol. The van der Waals surface area contributed by atoms with Crippen molar-refractivity contribution >= 4 is 28.4 Å². The Morgan fingerprint density at radius 2 is 2.00 bits per heavy atom. The highest BCUT2D eigenvalue weighted by Gasteiger charge is 2.07. The van der Waals surface area contributed by atoms with Crippen LogP contribution in [0.15, 0.2) is 24.3 Å². The largest absolute Gasteiger partial charge is 0.370 e. The van der Waals surface area contributed by atoms with E-state index in [1.165, 1.54) is 0 Å². The van der Waals surface area contributed by atoms with E-state index in [0.29, 0.717) is 0 Å². The van der Waals surface area contributed by atoms with Crippen molar-refractivity contribution < 1.29 is 9.53 Å². The van der Waals surface area contributed by atoms with E-state index in [2.05, 4.69) is 22.6 Å². The van der Waals surface area contributed by atoms with Crippen molar-refractivity contribution in [1.29, 1.82) is 0 Å². The molecule has 0 amide bonds. The van der Waals surface area contributed by atoms with Crippen LogP contribution in [-0.2, 0) is 4.74 Å². The maximum Gasteiger partial charge on any atom is 0.188 e. The molecule has 0 aromatic heterocycles. The Morgan fingerprint density at radius 1 is 1.40 bits per heavy atom. The van der Waals surface area contributed by atoms with Gasteiger partial charge in [-0.05, 0) is 48.1 Å². The second-order valence-electron chi connectivity index (χ2n) is 3.46. The third-order valence-electron chi connectivity index (χ3n) is 2.24. The lowest BCUT2D eigenvalue weighted by Gasteiger charge is -2.09. The van der Waals surface area contributed by atoms with Crippen LogP contribution in [0.5, 0.6) is 0 Å². The zero-order valence-electron chi connectivity index (χ0n) is 9.00. The van der Waals surface area contributed by atoms with Crippen molar-refractivity contribution in [1.82, 2.24) is 0 Å². The first-order valence-corrected chi connectivity index (χ1v) is 6.11. The number of Topliss-reactive ketones (excluding diaryl/α,β-unsaturated/α-hetero) is 1. The second-order valence-corrected chi connectivity index (χ2v) is 4.71. The first-order valence-electron chi connectivity index (χ1n) is 5.04. The number of hydrogen-bond donors (Lipinski definition) is 0. The number of carbonyl (C=O) groups excluding carboxylic acids is 1. The maximum absolute atomic E-state index is 11.6. The Morgan fingerprint density at radius 3 is 2.53 bits per heavy atom. The van der Waals surface area contributed by atoms with E-state index in [-0.39, 0.29) is 18.5 Å². The Balaban J connectivity index is 2.50. The van der Waals surface area contributed by atoms with Gasteiger partial charge in [0.05, 0.1) is 6.10 Å². The number of ether oxygens (including phenoxy) is 1. The molecule has 1 rings (SSSR count). The summed E-state index contributed by atoms with van der Waals surface area (Å²) < 4.78 is 6.52. The minimum absolute atomic E-state index is 0.0479. The molecule has 0 heterocycles. The summed E-state index contributed by atoms with van der Waals surface area (Å²) in [5, 5.41) is 0. The van der Waals surface area contributed by atoms with Crippen LogP contribution in [0.4, 0.5) is 0 Å². The quantitative estimate of drug-likeness (QED) is 0.615. The van der Waals surface area contributed by atoms with E-state index >= 15 is 0 Å². The van der Waals surface area contributed by atoms with E-state index in [1.54, 1.807) is 0 Å². The van der Waals surface area contributed by atoms with Crippen molar-refractivity contribution in [3.63, 3.8) is 0 Å². The van der Waals surface area contributed by atoms with E-state index in [9.17, 15) is 4.79 Å². The molecule has 0 aliphatic rings. The van der Waals surface area contributed by atoms with Crippen molar-refractivity contribution in [2.75, 3.05) is 6.61 Å². The molecule has 0 N–H and O–H groups in total. The van der Waals surface area contributed by atoms with Crippen molar-refractivity contribution in [3.05, 3.63) is 33.4 Å². The average Bonchev–Trinajstić information content (AvgIpc) is 2.26. The van der Waals surface area contributed by atoms with Gasteiger partial charge in [0.2, 0.25) is 0 Å². The molecule has 1 unspecified atom stereocenters. The summed E-state index contributed by atoms with van der Waals surface area (Å²) in [6, 6.07) is 7.53. The number of carbonyl (C=O) groups is 1. The summed E-state index contributed by atoms with van der Waals surface area (Å²) in [5.41, 5.74) is 0.721. The van der Waals surface area contributed by atoms with Crippen molar-refractivity contribution in [3.8, 4) is 0 Å². The number of ketones is 1. The number of hydrogen-bond acceptors (Lipinski definition) is 2. The Bertz CT molecular complexity index is 319. The third-order valence-corrected chi connectivity index (χ3v) is 2.96. The van der Waals surface area contributed by atoms with Crippen LogP contribution in [-0.4, -0.2) is 18.5 Å². The van der Waals surface area contributed by atoms with Gasteiger partial charge in [-0.15, -0.1) is 0 Å². The summed E-state index contributed by atoms with van der Waals surface area (Å²) in [6.45, 7) is 4.19. The number of rotatable bonds is 5. The number of halogens is 1. The van der Waals surface area contributed by atoms with E-state index < -0.39 is 0 Å². The number of benzene rings is 1. The Kier molecular flexibility index (Phi) is 5.25. The zero-order valence-corrected chi connectivity index (χ0v) is 11.2. The average molecular weight is 318 g/mol. The molecule has 15 heavy (non-hydrogen) atoms. The second kappa shape index (κ2) is 6.23. The molecule has 1 aromatic rings. The summed E-state index contributed by atoms with van der Waals surface area (Å²) >= 11 is 2.22. The minimum Gasteiger partial charge on any atom is -0.370 e. The van der Waals surface area contributed by atoms with Crippen molar-refractivity contribution in [2.45, 2.75) is 26.4 Å². The lowest BCUT2D eigenvalue weighted by Crippen LogP contribution is -2.15. The molecule has 3 heteroatoms. The fraction of sp³-hybridized carbons (Fsp3) is 0.417. The molecule has 0 saturated heterocycles. The first kappa shape index (κ1) is 12.6. The lowest BCUT2D eigenvalue weighted by atomic mass is 10.1. The van der Waals surface area contributed by atoms with Gasteiger partial charge in [0.25, 0.3) is 0 Å². The van der Waals surface area contributed by atoms with Crippen molar-refractivity contribution in [2.24, 2.45) is 0 Å². The fourth-order valence-electron chi connectivity index (χ4n) is 1.05. The van der Waals surface area contributed by atoms with Gasteiger partial charge in [-0.1, -0.05) is 19.1 Å².